The van der Waals surface area contributed by atoms with Crippen molar-refractivity contribution < 1.29 is 19.2 Å². The van der Waals surface area contributed by atoms with Crippen LogP contribution in [0.25, 0.3) is 11.0 Å². The van der Waals surface area contributed by atoms with Gasteiger partial charge in [-0.1, -0.05) is 29.3 Å². The minimum Gasteiger partial charge on any atom is -0.328 e. The van der Waals surface area contributed by atoms with E-state index < -0.39 is 29.9 Å². The summed E-state index contributed by atoms with van der Waals surface area (Å²) in [4.78, 5) is 57.7. The summed E-state index contributed by atoms with van der Waals surface area (Å²) >= 11 is 0. The second-order valence-corrected chi connectivity index (χ2v) is 5.58. The molecule has 0 spiro atoms. The molecule has 0 saturated heterocycles. The maximum atomic E-state index is 12.3. The molecule has 26 heavy (non-hydrogen) atoms. The van der Waals surface area contributed by atoms with Crippen LogP contribution in [-0.4, -0.2) is 32.4 Å². The molecular formula is C18H11N3O5. The summed E-state index contributed by atoms with van der Waals surface area (Å²) in [7, 11) is 0. The molecule has 3 aromatic rings. The Balaban J connectivity index is 1.60. The normalized spacial score (nSPS) is 13.2. The molecule has 0 atom stereocenters. The summed E-state index contributed by atoms with van der Waals surface area (Å²) in [5, 5.41) is 0.418. The number of rotatable bonds is 3. The number of carbonyl (C=O) groups excluding carboxylic acids is 3. The Hall–Kier alpha value is -3.81. The van der Waals surface area contributed by atoms with Gasteiger partial charge in [-0.3, -0.25) is 19.0 Å². The van der Waals surface area contributed by atoms with Crippen LogP contribution in [-0.2, 0) is 16.2 Å². The Morgan fingerprint density at radius 2 is 1.54 bits per heavy atom. The second kappa shape index (κ2) is 5.92. The van der Waals surface area contributed by atoms with Gasteiger partial charge in [0.25, 0.3) is 17.4 Å². The molecular weight excluding hydrogens is 338 g/mol. The van der Waals surface area contributed by atoms with E-state index in [0.717, 1.165) is 6.20 Å². The van der Waals surface area contributed by atoms with Gasteiger partial charge < -0.3 is 4.84 Å². The number of hydrogen-bond acceptors (Lipinski definition) is 6. The molecule has 2 aromatic carbocycles. The highest BCUT2D eigenvalue weighted by molar-refractivity contribution is 6.20. The number of benzene rings is 2. The zero-order chi connectivity index (χ0) is 18.3. The zero-order valence-corrected chi connectivity index (χ0v) is 13.3. The number of imide groups is 1. The topological polar surface area (TPSA) is 98.6 Å². The van der Waals surface area contributed by atoms with Crippen molar-refractivity contribution in [2.45, 2.75) is 6.54 Å². The second-order valence-electron chi connectivity index (χ2n) is 5.58. The van der Waals surface area contributed by atoms with E-state index in [1.807, 2.05) is 0 Å². The van der Waals surface area contributed by atoms with E-state index >= 15 is 0 Å². The lowest BCUT2D eigenvalue weighted by Gasteiger charge is -2.14. The minimum atomic E-state index is -0.919. The van der Waals surface area contributed by atoms with Crippen molar-refractivity contribution in [3.63, 3.8) is 0 Å². The molecule has 1 aliphatic rings. The molecule has 128 valence electrons. The molecule has 0 radical (unpaired) electrons. The molecule has 0 unspecified atom stereocenters. The lowest BCUT2D eigenvalue weighted by atomic mass is 10.1. The van der Waals surface area contributed by atoms with E-state index in [9.17, 15) is 19.2 Å². The van der Waals surface area contributed by atoms with Crippen LogP contribution < -0.4 is 5.56 Å². The predicted molar refractivity (Wildman–Crippen MR) is 89.0 cm³/mol. The molecule has 0 bridgehead atoms. The van der Waals surface area contributed by atoms with Crippen molar-refractivity contribution >= 4 is 28.8 Å². The van der Waals surface area contributed by atoms with Gasteiger partial charge in [0.15, 0.2) is 0 Å². The molecule has 8 nitrogen and oxygen atoms in total. The molecule has 0 aliphatic carbocycles. The summed E-state index contributed by atoms with van der Waals surface area (Å²) in [5.74, 6) is -2.35. The van der Waals surface area contributed by atoms with E-state index in [-0.39, 0.29) is 11.1 Å². The Kier molecular flexibility index (Phi) is 3.58. The van der Waals surface area contributed by atoms with Gasteiger partial charge in [0, 0.05) is 0 Å². The number of para-hydroxylation sites is 2. The highest BCUT2D eigenvalue weighted by atomic mass is 16.7. The van der Waals surface area contributed by atoms with E-state index in [2.05, 4.69) is 4.98 Å². The maximum Gasteiger partial charge on any atom is 0.352 e. The first-order valence-electron chi connectivity index (χ1n) is 7.69. The summed E-state index contributed by atoms with van der Waals surface area (Å²) < 4.78 is 1.17. The first-order valence-corrected chi connectivity index (χ1v) is 7.69. The van der Waals surface area contributed by atoms with Gasteiger partial charge in [-0.05, 0) is 24.3 Å². The maximum absolute atomic E-state index is 12.3. The number of hydrogen-bond donors (Lipinski definition) is 0. The fourth-order valence-electron chi connectivity index (χ4n) is 2.79. The SMILES string of the molecule is O=C(Cn1c(=O)cnc2ccccc21)ON1C(=O)c2ccccc2C1=O. The van der Waals surface area contributed by atoms with Gasteiger partial charge >= 0.3 is 5.97 Å². The molecule has 0 fully saturated rings. The molecule has 4 rings (SSSR count). The van der Waals surface area contributed by atoms with Gasteiger partial charge in [0.05, 0.1) is 28.4 Å². The molecule has 0 N–H and O–H groups in total. The number of amides is 2. The minimum absolute atomic E-state index is 0.164. The van der Waals surface area contributed by atoms with Crippen LogP contribution >= 0.6 is 0 Å². The highest BCUT2D eigenvalue weighted by Gasteiger charge is 2.38. The third kappa shape index (κ3) is 2.44. The van der Waals surface area contributed by atoms with Crippen LogP contribution in [0.15, 0.2) is 59.5 Å². The molecule has 0 saturated carbocycles. The number of hydroxylamine groups is 2. The number of fused-ring (bicyclic) bond motifs is 2. The van der Waals surface area contributed by atoms with Gasteiger partial charge in [-0.2, -0.15) is 0 Å². The van der Waals surface area contributed by atoms with Gasteiger partial charge in [-0.25, -0.2) is 9.78 Å². The van der Waals surface area contributed by atoms with Crippen molar-refractivity contribution in [3.8, 4) is 0 Å². The Labute approximate surface area is 146 Å². The van der Waals surface area contributed by atoms with Crippen LogP contribution in [0.4, 0.5) is 0 Å². The highest BCUT2D eigenvalue weighted by Crippen LogP contribution is 2.22. The predicted octanol–water partition coefficient (Wildman–Crippen LogP) is 1.15. The quantitative estimate of drug-likeness (QED) is 0.658. The van der Waals surface area contributed by atoms with Gasteiger partial charge in [-0.15, -0.1) is 0 Å². The summed E-state index contributed by atoms with van der Waals surface area (Å²) in [5.41, 5.74) is 0.802. The van der Waals surface area contributed by atoms with Crippen molar-refractivity contribution in [2.24, 2.45) is 0 Å². The smallest absolute Gasteiger partial charge is 0.328 e. The third-order valence-electron chi connectivity index (χ3n) is 3.99. The molecule has 1 aromatic heterocycles. The average molecular weight is 349 g/mol. The van der Waals surface area contributed by atoms with Crippen LogP contribution in [0.2, 0.25) is 0 Å². The number of aromatic nitrogens is 2. The largest absolute Gasteiger partial charge is 0.352 e. The van der Waals surface area contributed by atoms with E-state index in [1.54, 1.807) is 36.4 Å². The summed E-state index contributed by atoms with van der Waals surface area (Å²) in [6.45, 7) is -0.463. The average Bonchev–Trinajstić information content (AvgIpc) is 2.89. The monoisotopic (exact) mass is 349 g/mol. The Bertz CT molecular complexity index is 1100. The third-order valence-corrected chi connectivity index (χ3v) is 3.99. The van der Waals surface area contributed by atoms with Crippen LogP contribution in [0.3, 0.4) is 0 Å². The fraction of sp³-hybridized carbons (Fsp3) is 0.0556. The van der Waals surface area contributed by atoms with Crippen LogP contribution in [0.1, 0.15) is 20.7 Å². The van der Waals surface area contributed by atoms with Crippen LogP contribution in [0, 0.1) is 0 Å². The van der Waals surface area contributed by atoms with Crippen molar-refractivity contribution in [1.82, 2.24) is 14.6 Å². The number of nitrogens with zero attached hydrogens (tertiary/aromatic N) is 3. The first-order chi connectivity index (χ1) is 12.6. The summed E-state index contributed by atoms with van der Waals surface area (Å²) in [6.07, 6.45) is 1.09. The first kappa shape index (κ1) is 15.7. The standard InChI is InChI=1S/C18H11N3O5/c22-15-9-19-13-7-3-4-8-14(13)20(15)10-16(23)26-21-17(24)11-5-1-2-6-12(11)18(21)25/h1-9H,10H2. The summed E-state index contributed by atoms with van der Waals surface area (Å²) in [6, 6.07) is 13.0. The lowest BCUT2D eigenvalue weighted by Crippen LogP contribution is -2.35. The molecule has 2 amide bonds. The lowest BCUT2D eigenvalue weighted by molar-refractivity contribution is -0.169. The van der Waals surface area contributed by atoms with Crippen molar-refractivity contribution in [3.05, 3.63) is 76.2 Å². The fourth-order valence-corrected chi connectivity index (χ4v) is 2.79. The van der Waals surface area contributed by atoms with Crippen LogP contribution in [0.5, 0.6) is 0 Å². The van der Waals surface area contributed by atoms with Gasteiger partial charge in [0.2, 0.25) is 0 Å². The molecule has 1 aliphatic heterocycles. The van der Waals surface area contributed by atoms with E-state index in [1.165, 1.54) is 16.7 Å². The van der Waals surface area contributed by atoms with E-state index in [0.29, 0.717) is 16.1 Å². The van der Waals surface area contributed by atoms with Crippen molar-refractivity contribution in [2.75, 3.05) is 0 Å². The van der Waals surface area contributed by atoms with E-state index in [4.69, 9.17) is 4.84 Å². The van der Waals surface area contributed by atoms with Gasteiger partial charge in [0.1, 0.15) is 6.54 Å². The molecule has 2 heterocycles. The Morgan fingerprint density at radius 3 is 2.23 bits per heavy atom. The zero-order valence-electron chi connectivity index (χ0n) is 13.3. The van der Waals surface area contributed by atoms with Crippen molar-refractivity contribution in [1.29, 1.82) is 0 Å². The molecule has 8 heteroatoms. The number of carbonyl (C=O) groups is 3. The Morgan fingerprint density at radius 1 is 0.923 bits per heavy atom.